The van der Waals surface area contributed by atoms with Gasteiger partial charge in [-0.1, -0.05) is 24.3 Å². The molecular weight excluding hydrogens is 418 g/mol. The highest BCUT2D eigenvalue weighted by Gasteiger charge is 2.52. The zero-order valence-electron chi connectivity index (χ0n) is 19.5. The molecule has 174 valence electrons. The lowest BCUT2D eigenvalue weighted by atomic mass is 9.98. The average Bonchev–Trinajstić information content (AvgIpc) is 3.13. The Morgan fingerprint density at radius 1 is 1.15 bits per heavy atom. The lowest BCUT2D eigenvalue weighted by Gasteiger charge is -2.48. The first-order valence-electron chi connectivity index (χ1n) is 11.5. The highest BCUT2D eigenvalue weighted by atomic mass is 16.5. The van der Waals surface area contributed by atoms with Crippen LogP contribution in [0, 0.1) is 0 Å². The van der Waals surface area contributed by atoms with Crippen LogP contribution in [-0.4, -0.2) is 48.0 Å². The molecule has 2 aromatic rings. The van der Waals surface area contributed by atoms with E-state index in [9.17, 15) is 14.4 Å². The summed E-state index contributed by atoms with van der Waals surface area (Å²) in [5, 5.41) is 3.05. The highest BCUT2D eigenvalue weighted by molar-refractivity contribution is 6.10. The fraction of sp³-hybridized carbons (Fsp3) is 0.423. The van der Waals surface area contributed by atoms with Crippen molar-refractivity contribution < 1.29 is 19.1 Å². The summed E-state index contributed by atoms with van der Waals surface area (Å²) >= 11 is 0. The van der Waals surface area contributed by atoms with Crippen LogP contribution >= 0.6 is 0 Å². The molecule has 1 N–H and O–H groups in total. The maximum atomic E-state index is 13.3. The lowest BCUT2D eigenvalue weighted by Crippen LogP contribution is -2.62. The van der Waals surface area contributed by atoms with Crippen molar-refractivity contribution >= 4 is 23.4 Å². The molecule has 2 aliphatic heterocycles. The van der Waals surface area contributed by atoms with E-state index < -0.39 is 5.66 Å². The van der Waals surface area contributed by atoms with Crippen molar-refractivity contribution in [2.24, 2.45) is 0 Å². The largest absolute Gasteiger partial charge is 0.497 e. The van der Waals surface area contributed by atoms with Crippen LogP contribution in [0.2, 0.25) is 0 Å². The number of carbonyl (C=O) groups excluding carboxylic acids is 3. The van der Waals surface area contributed by atoms with E-state index in [1.165, 1.54) is 5.56 Å². The van der Waals surface area contributed by atoms with Crippen LogP contribution < -0.4 is 15.0 Å². The van der Waals surface area contributed by atoms with Gasteiger partial charge in [-0.3, -0.25) is 19.3 Å². The number of para-hydroxylation sites is 1. The van der Waals surface area contributed by atoms with E-state index in [1.54, 1.807) is 29.0 Å². The van der Waals surface area contributed by atoms with Gasteiger partial charge in [-0.2, -0.15) is 0 Å². The van der Waals surface area contributed by atoms with Crippen molar-refractivity contribution in [1.29, 1.82) is 0 Å². The van der Waals surface area contributed by atoms with Crippen LogP contribution in [0.1, 0.15) is 55.5 Å². The molecule has 7 heteroatoms. The first kappa shape index (κ1) is 22.8. The number of ether oxygens (including phenoxy) is 1. The number of benzene rings is 2. The number of anilines is 1. The molecule has 0 bridgehead atoms. The number of carbonyl (C=O) groups is 3. The second kappa shape index (κ2) is 9.25. The molecule has 1 fully saturated rings. The van der Waals surface area contributed by atoms with Crippen LogP contribution in [0.5, 0.6) is 5.75 Å². The number of hydrogen-bond acceptors (Lipinski definition) is 4. The minimum atomic E-state index is -0.733. The Balaban J connectivity index is 1.35. The molecule has 0 aliphatic carbocycles. The molecule has 1 saturated heterocycles. The Hall–Kier alpha value is -3.35. The van der Waals surface area contributed by atoms with Crippen molar-refractivity contribution in [2.75, 3.05) is 18.6 Å². The van der Waals surface area contributed by atoms with Gasteiger partial charge in [0.15, 0.2) is 0 Å². The van der Waals surface area contributed by atoms with Gasteiger partial charge in [-0.15, -0.1) is 0 Å². The van der Waals surface area contributed by atoms with Crippen LogP contribution in [0.4, 0.5) is 5.69 Å². The fourth-order valence-corrected chi connectivity index (χ4v) is 4.85. The lowest BCUT2D eigenvalue weighted by molar-refractivity contribution is -0.122. The predicted octanol–water partition coefficient (Wildman–Crippen LogP) is 3.52. The molecule has 2 unspecified atom stereocenters. The Bertz CT molecular complexity index is 1050. The second-order valence-corrected chi connectivity index (χ2v) is 9.03. The van der Waals surface area contributed by atoms with Crippen LogP contribution in [0.25, 0.3) is 0 Å². The van der Waals surface area contributed by atoms with Gasteiger partial charge < -0.3 is 15.0 Å². The monoisotopic (exact) mass is 449 g/mol. The van der Waals surface area contributed by atoms with Crippen LogP contribution in [0.3, 0.4) is 0 Å². The van der Waals surface area contributed by atoms with Gasteiger partial charge in [-0.05, 0) is 62.9 Å². The zero-order valence-corrected chi connectivity index (χ0v) is 19.5. The van der Waals surface area contributed by atoms with E-state index in [2.05, 4.69) is 5.32 Å². The molecule has 7 nitrogen and oxygen atoms in total. The van der Waals surface area contributed by atoms with Crippen molar-refractivity contribution in [3.8, 4) is 5.75 Å². The molecule has 4 rings (SSSR count). The summed E-state index contributed by atoms with van der Waals surface area (Å²) in [7, 11) is 1.64. The molecule has 0 spiro atoms. The summed E-state index contributed by atoms with van der Waals surface area (Å²) in [6.45, 7) is 4.17. The normalized spacial score (nSPS) is 20.3. The summed E-state index contributed by atoms with van der Waals surface area (Å²) in [6, 6.07) is 15.2. The molecule has 33 heavy (non-hydrogen) atoms. The standard InChI is InChI=1S/C26H31N3O4/c1-18(8-9-19-10-12-20(33-3)13-11-19)27-23(30)15-17-28-25(32)21-6-4-5-7-22(21)29-24(31)14-16-26(28,29)2/h4-7,10-13,18H,8-9,14-17H2,1-3H3,(H,27,30). The van der Waals surface area contributed by atoms with E-state index in [0.29, 0.717) is 24.1 Å². The molecule has 2 aromatic carbocycles. The van der Waals surface area contributed by atoms with E-state index in [0.717, 1.165) is 18.6 Å². The number of methoxy groups -OCH3 is 1. The van der Waals surface area contributed by atoms with Crippen molar-refractivity contribution in [1.82, 2.24) is 10.2 Å². The van der Waals surface area contributed by atoms with Crippen molar-refractivity contribution in [3.63, 3.8) is 0 Å². The van der Waals surface area contributed by atoms with Crippen molar-refractivity contribution in [2.45, 2.75) is 57.7 Å². The highest BCUT2D eigenvalue weighted by Crippen LogP contribution is 2.43. The van der Waals surface area contributed by atoms with Gasteiger partial charge in [0.2, 0.25) is 11.8 Å². The fourth-order valence-electron chi connectivity index (χ4n) is 4.85. The first-order chi connectivity index (χ1) is 15.8. The first-order valence-corrected chi connectivity index (χ1v) is 11.5. The van der Waals surface area contributed by atoms with Gasteiger partial charge in [0.05, 0.1) is 18.4 Å². The topological polar surface area (TPSA) is 79.0 Å². The van der Waals surface area contributed by atoms with Crippen LogP contribution in [0.15, 0.2) is 48.5 Å². The Morgan fingerprint density at radius 2 is 1.88 bits per heavy atom. The Labute approximate surface area is 194 Å². The number of nitrogens with one attached hydrogen (secondary N) is 1. The molecule has 2 atom stereocenters. The predicted molar refractivity (Wildman–Crippen MR) is 126 cm³/mol. The van der Waals surface area contributed by atoms with E-state index in [-0.39, 0.29) is 36.7 Å². The Kier molecular flexibility index (Phi) is 6.40. The molecule has 0 saturated carbocycles. The summed E-state index contributed by atoms with van der Waals surface area (Å²) in [6.07, 6.45) is 2.81. The van der Waals surface area contributed by atoms with Gasteiger partial charge in [0.25, 0.3) is 5.91 Å². The number of amides is 3. The number of hydrogen-bond donors (Lipinski definition) is 1. The van der Waals surface area contributed by atoms with E-state index >= 15 is 0 Å². The Morgan fingerprint density at radius 3 is 2.61 bits per heavy atom. The molecule has 2 heterocycles. The second-order valence-electron chi connectivity index (χ2n) is 9.03. The summed E-state index contributed by atoms with van der Waals surface area (Å²) in [5.74, 6) is 0.619. The van der Waals surface area contributed by atoms with Gasteiger partial charge in [-0.25, -0.2) is 0 Å². The maximum Gasteiger partial charge on any atom is 0.257 e. The number of nitrogens with zero attached hydrogens (tertiary/aromatic N) is 2. The summed E-state index contributed by atoms with van der Waals surface area (Å²) < 4.78 is 5.18. The SMILES string of the molecule is COc1ccc(CCC(C)NC(=O)CCN2C(=O)c3ccccc3N3C(=O)CCC23C)cc1. The van der Waals surface area contributed by atoms with E-state index in [1.807, 2.05) is 50.2 Å². The molecule has 2 aliphatic rings. The molecule has 0 radical (unpaired) electrons. The number of aryl methyl sites for hydroxylation is 1. The third-order valence-corrected chi connectivity index (χ3v) is 6.74. The molecule has 3 amide bonds. The molecular formula is C26H31N3O4. The van der Waals surface area contributed by atoms with E-state index in [4.69, 9.17) is 4.74 Å². The van der Waals surface area contributed by atoms with Crippen molar-refractivity contribution in [3.05, 3.63) is 59.7 Å². The quantitative estimate of drug-likeness (QED) is 0.669. The summed E-state index contributed by atoms with van der Waals surface area (Å²) in [5.41, 5.74) is 1.63. The minimum absolute atomic E-state index is 0.0116. The van der Waals surface area contributed by atoms with Gasteiger partial charge in [0.1, 0.15) is 11.4 Å². The zero-order chi connectivity index (χ0) is 23.6. The van der Waals surface area contributed by atoms with Crippen LogP contribution in [-0.2, 0) is 16.0 Å². The minimum Gasteiger partial charge on any atom is -0.497 e. The third-order valence-electron chi connectivity index (χ3n) is 6.74. The average molecular weight is 450 g/mol. The maximum absolute atomic E-state index is 13.3. The van der Waals surface area contributed by atoms with Gasteiger partial charge >= 0.3 is 0 Å². The molecule has 0 aromatic heterocycles. The number of fused-ring (bicyclic) bond motifs is 3. The van der Waals surface area contributed by atoms with Gasteiger partial charge in [0, 0.05) is 25.4 Å². The number of rotatable bonds is 8. The summed E-state index contributed by atoms with van der Waals surface area (Å²) in [4.78, 5) is 42.0. The third kappa shape index (κ3) is 4.45. The smallest absolute Gasteiger partial charge is 0.257 e.